The van der Waals surface area contributed by atoms with Crippen LogP contribution in [-0.2, 0) is 31.8 Å². The van der Waals surface area contributed by atoms with Gasteiger partial charge in [-0.05, 0) is 234 Å². The number of aromatic nitrogens is 3. The first-order chi connectivity index (χ1) is 50.2. The van der Waals surface area contributed by atoms with E-state index in [2.05, 4.69) is 72.7 Å². The van der Waals surface area contributed by atoms with Gasteiger partial charge in [-0.2, -0.15) is 0 Å². The standard InChI is InChI=1S/C28H32FN3O3.2C28H29FN2O3/c1-2-35-28(34)31-23-9-10-24-19(14-23)12-20-15-26(33)32-27(20)25(24)11-8-22-7-6-18(16-30-22)17-4-3-5-21(29)13-17;1-2-34-28(32)31-24-9-10-25-20(14-24)12-21-16-33-17-27(21)26(25)11-8-23-7-6-19(15-30-23)18-4-3-5-22(29)13-18;1-2-33-28(32)31-23-9-10-24-20(15-23)16-27-26(12-13-34-27)25(24)11-8-22-7-6-19(17-30-22)18-4-3-5-21(29)14-18/h3-8,11,13,16,19-20,23-25,27H,2,9-10,12,14-15H2,1H3,(H,31,34)(H,32,33);3-8,11,13,15-17,20,24-26H,2,9-10,12,14H2,1H3,(H,31,32);3-8,11-14,17,20,23-25H,2,9-10,15-16H2,1H3,(H,31,32)/b3*11-8+/t19-,20-,23-,24-,25+,27+;20-,24-,25-,26+;20-,23+,24+,25-/m110/s1. The van der Waals surface area contributed by atoms with Crippen LogP contribution in [0.5, 0.6) is 0 Å². The third kappa shape index (κ3) is 17.7. The molecule has 1 saturated heterocycles. The number of rotatable bonds is 15. The van der Waals surface area contributed by atoms with Gasteiger partial charge >= 0.3 is 18.3 Å². The van der Waals surface area contributed by atoms with Crippen LogP contribution in [-0.4, -0.2) is 83.1 Å². The van der Waals surface area contributed by atoms with Gasteiger partial charge in [0.25, 0.3) is 0 Å². The maximum absolute atomic E-state index is 13.6. The highest BCUT2D eigenvalue weighted by molar-refractivity contribution is 5.79. The van der Waals surface area contributed by atoms with Gasteiger partial charge in [0.2, 0.25) is 5.91 Å². The number of hydrogen-bond donors (Lipinski definition) is 4. The van der Waals surface area contributed by atoms with Crippen molar-refractivity contribution in [2.45, 2.75) is 140 Å². The number of nitrogens with zero attached hydrogens (tertiary/aromatic N) is 3. The van der Waals surface area contributed by atoms with Crippen molar-refractivity contribution in [2.75, 3.05) is 19.8 Å². The zero-order chi connectivity index (χ0) is 71.3. The number of ether oxygens (including phenoxy) is 3. The number of furan rings is 2. The number of amides is 4. The van der Waals surface area contributed by atoms with E-state index < -0.39 is 0 Å². The first kappa shape index (κ1) is 71.4. The zero-order valence-electron chi connectivity index (χ0n) is 58.4. The summed E-state index contributed by atoms with van der Waals surface area (Å²) < 4.78 is 67.3. The molecule has 19 heteroatoms. The number of alkyl carbamates (subject to hydrolysis) is 3. The summed E-state index contributed by atoms with van der Waals surface area (Å²) >= 11 is 0. The summed E-state index contributed by atoms with van der Waals surface area (Å²) in [5.41, 5.74) is 11.4. The van der Waals surface area contributed by atoms with E-state index in [-0.39, 0.29) is 83.6 Å². The van der Waals surface area contributed by atoms with E-state index in [0.29, 0.717) is 67.7 Å². The molecule has 8 aromatic rings. The Balaban J connectivity index is 0.000000138. The summed E-state index contributed by atoms with van der Waals surface area (Å²) in [5.74, 6) is 4.29. The lowest BCUT2D eigenvalue weighted by Crippen LogP contribution is -2.50. The van der Waals surface area contributed by atoms with Gasteiger partial charge < -0.3 is 44.3 Å². The van der Waals surface area contributed by atoms with Crippen molar-refractivity contribution in [3.05, 3.63) is 228 Å². The number of carbonyl (C=O) groups is 4. The van der Waals surface area contributed by atoms with Gasteiger partial charge in [0.15, 0.2) is 0 Å². The first-order valence-electron chi connectivity index (χ1n) is 36.6. The molecule has 6 heterocycles. The van der Waals surface area contributed by atoms with Crippen molar-refractivity contribution in [3.8, 4) is 33.4 Å². The molecule has 0 unspecified atom stereocenters. The topological polar surface area (TPSA) is 209 Å². The largest absolute Gasteiger partial charge is 0.472 e. The van der Waals surface area contributed by atoms with Crippen LogP contribution in [0.1, 0.15) is 143 Å². The maximum Gasteiger partial charge on any atom is 0.407 e. The first-order valence-corrected chi connectivity index (χ1v) is 36.6. The van der Waals surface area contributed by atoms with Crippen LogP contribution >= 0.6 is 0 Å². The number of allylic oxidation sites excluding steroid dienone is 2. The van der Waals surface area contributed by atoms with E-state index in [9.17, 15) is 32.3 Å². The van der Waals surface area contributed by atoms with E-state index in [1.165, 1.54) is 53.1 Å². The highest BCUT2D eigenvalue weighted by Gasteiger charge is 2.50. The molecule has 4 amide bonds. The Bertz CT molecular complexity index is 4120. The summed E-state index contributed by atoms with van der Waals surface area (Å²) in [6.45, 7) is 6.57. The van der Waals surface area contributed by atoms with Crippen LogP contribution in [0.2, 0.25) is 0 Å². The number of nitrogens with one attached hydrogen (secondary N) is 4. The lowest BCUT2D eigenvalue weighted by Gasteiger charge is -2.47. The quantitative estimate of drug-likeness (QED) is 0.0707. The summed E-state index contributed by atoms with van der Waals surface area (Å²) in [7, 11) is 0. The number of carbonyl (C=O) groups excluding carboxylic acids is 4. The molecular formula is C84H90F3N7O9. The SMILES string of the molecule is CCOC(=O)N[C@@H]1CC[C@@H]2[C@@H](C1)C[C@@H]1CC(=O)N[C@@H]1[C@H]2/C=C/c1ccc(-c2cccc(F)c2)cn1.CCOC(=O)N[C@@H]1CC[C@@H]2[C@H](Cc3cocc3[C@H]2/C=C/c2ccc(-c3cccc(F)c3)cn2)C1.CCOC(=O)N[C@@H]1CC[C@@H]2[C@H](Cc3occc3[C@H]2/C=C/c2ccc(-c3cccc(F)c3)cn2)C1. The van der Waals surface area contributed by atoms with Gasteiger partial charge in [-0.1, -0.05) is 72.8 Å². The van der Waals surface area contributed by atoms with Gasteiger partial charge in [-0.15, -0.1) is 0 Å². The highest BCUT2D eigenvalue weighted by Crippen LogP contribution is 2.52. The molecule has 7 aliphatic rings. The lowest BCUT2D eigenvalue weighted by atomic mass is 9.59. The Morgan fingerprint density at radius 3 is 1.42 bits per heavy atom. The van der Waals surface area contributed by atoms with E-state index >= 15 is 0 Å². The third-order valence-corrected chi connectivity index (χ3v) is 22.1. The monoisotopic (exact) mass is 1400 g/mol. The van der Waals surface area contributed by atoms with Crippen molar-refractivity contribution in [1.29, 1.82) is 0 Å². The average molecular weight is 1400 g/mol. The molecule has 5 fully saturated rings. The van der Waals surface area contributed by atoms with Crippen LogP contribution < -0.4 is 21.3 Å². The van der Waals surface area contributed by atoms with Crippen molar-refractivity contribution in [3.63, 3.8) is 0 Å². The van der Waals surface area contributed by atoms with Crippen molar-refractivity contribution < 1.29 is 55.4 Å². The third-order valence-electron chi connectivity index (χ3n) is 22.1. The fraction of sp³-hybridized carbons (Fsp3) is 0.393. The van der Waals surface area contributed by atoms with Gasteiger partial charge in [0.05, 0.1) is 55.7 Å². The maximum atomic E-state index is 13.6. The molecule has 0 bridgehead atoms. The van der Waals surface area contributed by atoms with E-state index in [1.54, 1.807) is 43.1 Å². The second kappa shape index (κ2) is 33.4. The fourth-order valence-corrected chi connectivity index (χ4v) is 17.5. The second-order valence-electron chi connectivity index (χ2n) is 28.4. The molecule has 103 heavy (non-hydrogen) atoms. The summed E-state index contributed by atoms with van der Waals surface area (Å²) in [4.78, 5) is 61.7. The lowest BCUT2D eigenvalue weighted by molar-refractivity contribution is -0.119. The fourth-order valence-electron chi connectivity index (χ4n) is 17.5. The minimum absolute atomic E-state index is 0.124. The molecule has 1 aliphatic heterocycles. The molecule has 15 rings (SSSR count). The predicted molar refractivity (Wildman–Crippen MR) is 389 cm³/mol. The predicted octanol–water partition coefficient (Wildman–Crippen LogP) is 17.7. The summed E-state index contributed by atoms with van der Waals surface area (Å²) in [5, 5.41) is 12.3. The second-order valence-corrected chi connectivity index (χ2v) is 28.4. The highest BCUT2D eigenvalue weighted by atomic mass is 19.1. The number of benzene rings is 3. The molecule has 3 aromatic carbocycles. The molecule has 5 aromatic heterocycles. The van der Waals surface area contributed by atoms with E-state index in [1.807, 2.05) is 94.0 Å². The van der Waals surface area contributed by atoms with Gasteiger partial charge in [-0.3, -0.25) is 19.7 Å². The Labute approximate surface area is 599 Å². The van der Waals surface area contributed by atoms with Crippen LogP contribution in [0.25, 0.3) is 51.6 Å². The summed E-state index contributed by atoms with van der Waals surface area (Å²) in [6.07, 6.45) is 34.9. The number of halogens is 3. The molecular weight excluding hydrogens is 1310 g/mol. The number of pyridine rings is 3. The minimum Gasteiger partial charge on any atom is -0.472 e. The number of hydrogen-bond acceptors (Lipinski definition) is 12. The molecule has 4 N–H and O–H groups in total. The molecule has 16 nitrogen and oxygen atoms in total. The minimum atomic E-state index is -0.341. The Kier molecular flexibility index (Phi) is 23.1. The van der Waals surface area contributed by atoms with Gasteiger partial charge in [-0.25, -0.2) is 27.6 Å². The summed E-state index contributed by atoms with van der Waals surface area (Å²) in [6, 6.07) is 34.0. The van der Waals surface area contributed by atoms with Crippen LogP contribution in [0, 0.1) is 64.8 Å². The van der Waals surface area contributed by atoms with Gasteiger partial charge in [0, 0.05) is 101 Å². The van der Waals surface area contributed by atoms with Crippen LogP contribution in [0.15, 0.2) is 180 Å². The Hall–Kier alpha value is -10.0. The van der Waals surface area contributed by atoms with Crippen LogP contribution in [0.4, 0.5) is 27.6 Å². The molecule has 4 saturated carbocycles. The number of fused-ring (bicyclic) bond motifs is 6. The average Bonchev–Trinajstić information content (AvgIpc) is 1.76. The zero-order valence-corrected chi connectivity index (χ0v) is 58.4. The van der Waals surface area contributed by atoms with Crippen LogP contribution in [0.3, 0.4) is 0 Å². The van der Waals surface area contributed by atoms with Gasteiger partial charge in [0.1, 0.15) is 23.2 Å². The normalized spacial score (nSPS) is 25.9. The molecule has 6 aliphatic carbocycles. The Morgan fingerprint density at radius 1 is 0.495 bits per heavy atom. The van der Waals surface area contributed by atoms with E-state index in [4.69, 9.17) is 23.0 Å². The van der Waals surface area contributed by atoms with Crippen molar-refractivity contribution in [1.82, 2.24) is 36.2 Å². The Morgan fingerprint density at radius 2 is 0.951 bits per heavy atom. The molecule has 14 atom stereocenters. The van der Waals surface area contributed by atoms with Crippen molar-refractivity contribution >= 4 is 42.4 Å². The molecule has 0 radical (unpaired) electrons. The molecule has 0 spiro atoms. The molecule has 536 valence electrons. The van der Waals surface area contributed by atoms with Crippen molar-refractivity contribution in [2.24, 2.45) is 47.3 Å². The smallest absolute Gasteiger partial charge is 0.407 e. The van der Waals surface area contributed by atoms with E-state index in [0.717, 1.165) is 133 Å².